The highest BCUT2D eigenvalue weighted by atomic mass is 35.5. The van der Waals surface area contributed by atoms with E-state index in [0.29, 0.717) is 36.9 Å². The fourth-order valence-electron chi connectivity index (χ4n) is 3.61. The normalized spacial score (nSPS) is 17.8. The minimum atomic E-state index is -0.457. The highest BCUT2D eigenvalue weighted by Crippen LogP contribution is 2.31. The van der Waals surface area contributed by atoms with Gasteiger partial charge in [-0.25, -0.2) is 0 Å². The van der Waals surface area contributed by atoms with Crippen LogP contribution in [0.1, 0.15) is 25.7 Å². The van der Waals surface area contributed by atoms with Crippen LogP contribution in [0.4, 0.5) is 11.4 Å². The molecule has 1 aromatic rings. The molecule has 0 spiro atoms. The summed E-state index contributed by atoms with van der Waals surface area (Å²) in [6.07, 6.45) is 3.75. The Balaban J connectivity index is 1.52. The van der Waals surface area contributed by atoms with Crippen molar-refractivity contribution in [1.29, 1.82) is 0 Å². The minimum Gasteiger partial charge on any atom is -0.455 e. The average molecular weight is 396 g/mol. The standard InChI is InChI=1S/C18H22ClN3O5/c19-14-5-6-15(16(11-14)22(25)26)20-7-9-21(10-8-20)17(23)12-27-18(24)13-3-1-2-4-13/h5-6,11,13H,1-4,7-10,12H2. The fourth-order valence-corrected chi connectivity index (χ4v) is 3.78. The minimum absolute atomic E-state index is 0.0484. The number of ether oxygens (including phenoxy) is 1. The van der Waals surface area contributed by atoms with Gasteiger partial charge in [0.1, 0.15) is 5.69 Å². The second kappa shape index (κ2) is 8.56. The molecule has 0 aromatic heterocycles. The molecule has 9 heteroatoms. The fraction of sp³-hybridized carbons (Fsp3) is 0.556. The van der Waals surface area contributed by atoms with Gasteiger partial charge in [0.05, 0.1) is 10.8 Å². The summed E-state index contributed by atoms with van der Waals surface area (Å²) < 4.78 is 5.17. The molecule has 3 rings (SSSR count). The molecule has 1 aromatic carbocycles. The van der Waals surface area contributed by atoms with Gasteiger partial charge < -0.3 is 14.5 Å². The van der Waals surface area contributed by atoms with E-state index >= 15 is 0 Å². The predicted octanol–water partition coefficient (Wildman–Crippen LogP) is 2.63. The van der Waals surface area contributed by atoms with Crippen molar-refractivity contribution in [3.05, 3.63) is 33.3 Å². The number of carbonyl (C=O) groups is 2. The Labute approximate surface area is 162 Å². The molecule has 0 atom stereocenters. The summed E-state index contributed by atoms with van der Waals surface area (Å²) in [5, 5.41) is 11.6. The van der Waals surface area contributed by atoms with Crippen molar-refractivity contribution < 1.29 is 19.2 Å². The number of halogens is 1. The van der Waals surface area contributed by atoms with E-state index in [4.69, 9.17) is 16.3 Å². The van der Waals surface area contributed by atoms with Gasteiger partial charge in [-0.2, -0.15) is 0 Å². The van der Waals surface area contributed by atoms with Gasteiger partial charge in [0.2, 0.25) is 0 Å². The number of amides is 1. The van der Waals surface area contributed by atoms with Gasteiger partial charge in [-0.05, 0) is 25.0 Å². The first kappa shape index (κ1) is 19.4. The Morgan fingerprint density at radius 3 is 2.48 bits per heavy atom. The third-order valence-corrected chi connectivity index (χ3v) is 5.37. The van der Waals surface area contributed by atoms with Crippen LogP contribution in [-0.2, 0) is 14.3 Å². The van der Waals surface area contributed by atoms with Crippen LogP contribution in [-0.4, -0.2) is 54.5 Å². The van der Waals surface area contributed by atoms with Crippen LogP contribution in [0.5, 0.6) is 0 Å². The molecule has 1 aliphatic heterocycles. The lowest BCUT2D eigenvalue weighted by atomic mass is 10.1. The van der Waals surface area contributed by atoms with E-state index in [-0.39, 0.29) is 30.1 Å². The van der Waals surface area contributed by atoms with Crippen molar-refractivity contribution in [3.8, 4) is 0 Å². The van der Waals surface area contributed by atoms with Crippen LogP contribution in [0, 0.1) is 16.0 Å². The largest absolute Gasteiger partial charge is 0.455 e. The van der Waals surface area contributed by atoms with E-state index in [9.17, 15) is 19.7 Å². The molecule has 0 radical (unpaired) electrons. The number of esters is 1. The van der Waals surface area contributed by atoms with Gasteiger partial charge in [-0.1, -0.05) is 24.4 Å². The van der Waals surface area contributed by atoms with Crippen molar-refractivity contribution >= 4 is 34.9 Å². The molecule has 2 aliphatic rings. The molecular weight excluding hydrogens is 374 g/mol. The zero-order valence-electron chi connectivity index (χ0n) is 14.9. The summed E-state index contributed by atoms with van der Waals surface area (Å²) in [7, 11) is 0. The van der Waals surface area contributed by atoms with Crippen molar-refractivity contribution in [2.45, 2.75) is 25.7 Å². The van der Waals surface area contributed by atoms with Crippen molar-refractivity contribution in [3.63, 3.8) is 0 Å². The molecular formula is C18H22ClN3O5. The first-order valence-corrected chi connectivity index (χ1v) is 9.47. The molecule has 1 saturated carbocycles. The number of piperazine rings is 1. The SMILES string of the molecule is O=C(OCC(=O)N1CCN(c2ccc(Cl)cc2[N+](=O)[O-])CC1)C1CCCC1. The zero-order valence-corrected chi connectivity index (χ0v) is 15.7. The Morgan fingerprint density at radius 1 is 1.19 bits per heavy atom. The number of nitrogens with zero attached hydrogens (tertiary/aromatic N) is 3. The Morgan fingerprint density at radius 2 is 1.85 bits per heavy atom. The van der Waals surface area contributed by atoms with E-state index in [2.05, 4.69) is 0 Å². The number of benzene rings is 1. The smallest absolute Gasteiger partial charge is 0.309 e. The average Bonchev–Trinajstić information content (AvgIpc) is 3.21. The first-order valence-electron chi connectivity index (χ1n) is 9.09. The van der Waals surface area contributed by atoms with E-state index in [0.717, 1.165) is 25.7 Å². The molecule has 1 heterocycles. The third kappa shape index (κ3) is 4.68. The second-order valence-electron chi connectivity index (χ2n) is 6.85. The molecule has 2 fully saturated rings. The highest BCUT2D eigenvalue weighted by molar-refractivity contribution is 6.30. The van der Waals surface area contributed by atoms with E-state index in [1.54, 1.807) is 17.0 Å². The maximum absolute atomic E-state index is 12.3. The summed E-state index contributed by atoms with van der Waals surface area (Å²) in [6.45, 7) is 1.52. The van der Waals surface area contributed by atoms with Gasteiger partial charge in [0.15, 0.2) is 6.61 Å². The topological polar surface area (TPSA) is 93.0 Å². The summed E-state index contributed by atoms with van der Waals surface area (Å²) in [4.78, 5) is 38.5. The number of hydrogen-bond donors (Lipinski definition) is 0. The molecule has 0 N–H and O–H groups in total. The zero-order chi connectivity index (χ0) is 19.4. The summed E-state index contributed by atoms with van der Waals surface area (Å²) in [5.74, 6) is -0.581. The molecule has 0 unspecified atom stereocenters. The molecule has 1 amide bonds. The van der Waals surface area contributed by atoms with E-state index in [1.165, 1.54) is 6.07 Å². The lowest BCUT2D eigenvalue weighted by Crippen LogP contribution is -2.50. The molecule has 0 bridgehead atoms. The van der Waals surface area contributed by atoms with Crippen LogP contribution in [0.2, 0.25) is 5.02 Å². The number of carbonyl (C=O) groups excluding carboxylic acids is 2. The van der Waals surface area contributed by atoms with Crippen LogP contribution in [0.3, 0.4) is 0 Å². The first-order chi connectivity index (χ1) is 13.0. The highest BCUT2D eigenvalue weighted by Gasteiger charge is 2.28. The number of rotatable bonds is 5. The quantitative estimate of drug-likeness (QED) is 0.432. The third-order valence-electron chi connectivity index (χ3n) is 5.13. The number of hydrogen-bond acceptors (Lipinski definition) is 6. The lowest BCUT2D eigenvalue weighted by molar-refractivity contribution is -0.384. The maximum Gasteiger partial charge on any atom is 0.309 e. The molecule has 27 heavy (non-hydrogen) atoms. The summed E-state index contributed by atoms with van der Waals surface area (Å²) in [5.41, 5.74) is 0.442. The summed E-state index contributed by atoms with van der Waals surface area (Å²) in [6, 6.07) is 4.57. The number of anilines is 1. The molecule has 146 valence electrons. The van der Waals surface area contributed by atoms with Gasteiger partial charge in [-0.15, -0.1) is 0 Å². The summed E-state index contributed by atoms with van der Waals surface area (Å²) >= 11 is 5.85. The molecule has 1 aliphatic carbocycles. The van der Waals surface area contributed by atoms with Crippen LogP contribution >= 0.6 is 11.6 Å². The number of nitro benzene ring substituents is 1. The van der Waals surface area contributed by atoms with Gasteiger partial charge in [0, 0.05) is 37.3 Å². The van der Waals surface area contributed by atoms with Crippen molar-refractivity contribution in [2.24, 2.45) is 5.92 Å². The van der Waals surface area contributed by atoms with Crippen LogP contribution < -0.4 is 4.90 Å². The van der Waals surface area contributed by atoms with Crippen LogP contribution in [0.25, 0.3) is 0 Å². The number of nitro groups is 1. The monoisotopic (exact) mass is 395 g/mol. The maximum atomic E-state index is 12.3. The van der Waals surface area contributed by atoms with Gasteiger partial charge >= 0.3 is 5.97 Å². The Kier molecular flexibility index (Phi) is 6.15. The second-order valence-corrected chi connectivity index (χ2v) is 7.28. The van der Waals surface area contributed by atoms with Gasteiger partial charge in [0.25, 0.3) is 11.6 Å². The lowest BCUT2D eigenvalue weighted by Gasteiger charge is -2.35. The molecule has 8 nitrogen and oxygen atoms in total. The Hall–Kier alpha value is -2.35. The Bertz CT molecular complexity index is 728. The van der Waals surface area contributed by atoms with Crippen molar-refractivity contribution in [2.75, 3.05) is 37.7 Å². The van der Waals surface area contributed by atoms with Gasteiger partial charge in [-0.3, -0.25) is 19.7 Å². The predicted molar refractivity (Wildman–Crippen MR) is 99.8 cm³/mol. The van der Waals surface area contributed by atoms with E-state index < -0.39 is 4.92 Å². The van der Waals surface area contributed by atoms with E-state index in [1.807, 2.05) is 4.90 Å². The van der Waals surface area contributed by atoms with Crippen LogP contribution in [0.15, 0.2) is 18.2 Å². The molecule has 1 saturated heterocycles. The van der Waals surface area contributed by atoms with Crippen molar-refractivity contribution in [1.82, 2.24) is 4.90 Å².